The van der Waals surface area contributed by atoms with E-state index in [4.69, 9.17) is 23.2 Å². The number of aryl methyl sites for hydroxylation is 1. The highest BCUT2D eigenvalue weighted by atomic mass is 79.9. The lowest BCUT2D eigenvalue weighted by molar-refractivity contribution is 0.613. The summed E-state index contributed by atoms with van der Waals surface area (Å²) in [4.78, 5) is 2.35. The maximum Gasteiger partial charge on any atom is 0.0888 e. The van der Waals surface area contributed by atoms with E-state index in [1.165, 1.54) is 4.88 Å². The molecule has 0 saturated carbocycles. The molecule has 0 fully saturated rings. The van der Waals surface area contributed by atoms with Gasteiger partial charge in [0.1, 0.15) is 0 Å². The Bertz CT molecular complexity index is 545. The van der Waals surface area contributed by atoms with Crippen LogP contribution < -0.4 is 5.32 Å². The molecule has 2 aromatic rings. The lowest BCUT2D eigenvalue weighted by atomic mass is 10.1. The second kappa shape index (κ2) is 6.92. The second-order valence-corrected chi connectivity index (χ2v) is 8.35. The van der Waals surface area contributed by atoms with E-state index in [0.29, 0.717) is 0 Å². The largest absolute Gasteiger partial charge is 0.305 e. The Morgan fingerprint density at radius 2 is 2.16 bits per heavy atom. The van der Waals surface area contributed by atoms with Crippen molar-refractivity contribution in [1.82, 2.24) is 5.32 Å². The molecule has 0 aromatic carbocycles. The van der Waals surface area contributed by atoms with E-state index in [1.54, 1.807) is 22.7 Å². The van der Waals surface area contributed by atoms with Gasteiger partial charge in [-0.25, -0.2) is 0 Å². The van der Waals surface area contributed by atoms with Gasteiger partial charge < -0.3 is 5.32 Å². The first-order valence-corrected chi connectivity index (χ1v) is 9.20. The van der Waals surface area contributed by atoms with Crippen LogP contribution in [0.2, 0.25) is 10.0 Å². The summed E-state index contributed by atoms with van der Waals surface area (Å²) in [7, 11) is 0. The standard InChI is InChI=1S/C13H14BrCl2NS2/c1-3-4-17-11(9-5-8(15)13(14)19-9)12-10(16)7(2)6-18-12/h5-6,11,17H,3-4H2,1-2H3. The third kappa shape index (κ3) is 3.55. The fraction of sp³-hybridized carbons (Fsp3) is 0.385. The van der Waals surface area contributed by atoms with Gasteiger partial charge in [0.05, 0.1) is 19.9 Å². The van der Waals surface area contributed by atoms with Crippen LogP contribution in [0, 0.1) is 6.92 Å². The SMILES string of the molecule is CCCNC(c1cc(Cl)c(Br)s1)c1scc(C)c1Cl. The van der Waals surface area contributed by atoms with Crippen LogP contribution in [0.1, 0.15) is 34.7 Å². The molecular formula is C13H14BrCl2NS2. The van der Waals surface area contributed by atoms with E-state index in [2.05, 4.69) is 33.6 Å². The Balaban J connectivity index is 2.38. The topological polar surface area (TPSA) is 12.0 Å². The number of thiophene rings is 2. The number of hydrogen-bond donors (Lipinski definition) is 1. The predicted octanol–water partition coefficient (Wildman–Crippen LogP) is 6.28. The molecule has 0 radical (unpaired) electrons. The fourth-order valence-corrected chi connectivity index (χ4v) is 5.06. The molecule has 1 atom stereocenters. The zero-order chi connectivity index (χ0) is 14.0. The predicted molar refractivity (Wildman–Crippen MR) is 91.2 cm³/mol. The smallest absolute Gasteiger partial charge is 0.0888 e. The Morgan fingerprint density at radius 1 is 1.42 bits per heavy atom. The van der Waals surface area contributed by atoms with Crippen LogP contribution in [0.25, 0.3) is 0 Å². The Hall–Kier alpha value is 0.420. The third-order valence-electron chi connectivity index (χ3n) is 2.73. The van der Waals surface area contributed by atoms with Crippen LogP contribution in [0.15, 0.2) is 15.2 Å². The maximum absolute atomic E-state index is 6.41. The van der Waals surface area contributed by atoms with Crippen molar-refractivity contribution in [3.63, 3.8) is 0 Å². The minimum Gasteiger partial charge on any atom is -0.305 e. The lowest BCUT2D eigenvalue weighted by Gasteiger charge is -2.16. The van der Waals surface area contributed by atoms with Crippen molar-refractivity contribution in [1.29, 1.82) is 0 Å². The van der Waals surface area contributed by atoms with Crippen molar-refractivity contribution in [3.8, 4) is 0 Å². The zero-order valence-electron chi connectivity index (χ0n) is 10.6. The van der Waals surface area contributed by atoms with Gasteiger partial charge in [0.15, 0.2) is 0 Å². The van der Waals surface area contributed by atoms with Crippen molar-refractivity contribution < 1.29 is 0 Å². The van der Waals surface area contributed by atoms with Crippen LogP contribution in [-0.4, -0.2) is 6.54 Å². The Morgan fingerprint density at radius 3 is 2.63 bits per heavy atom. The van der Waals surface area contributed by atoms with E-state index >= 15 is 0 Å². The number of rotatable bonds is 5. The molecule has 1 nitrogen and oxygen atoms in total. The first kappa shape index (κ1) is 15.8. The summed E-state index contributed by atoms with van der Waals surface area (Å²) in [6, 6.07) is 2.13. The van der Waals surface area contributed by atoms with Gasteiger partial charge in [-0.3, -0.25) is 0 Å². The van der Waals surface area contributed by atoms with Gasteiger partial charge in [0.25, 0.3) is 0 Å². The highest BCUT2D eigenvalue weighted by molar-refractivity contribution is 9.11. The average molecular weight is 399 g/mol. The van der Waals surface area contributed by atoms with E-state index in [1.807, 2.05) is 13.0 Å². The molecule has 19 heavy (non-hydrogen) atoms. The van der Waals surface area contributed by atoms with E-state index in [-0.39, 0.29) is 6.04 Å². The van der Waals surface area contributed by atoms with Crippen LogP contribution in [-0.2, 0) is 0 Å². The van der Waals surface area contributed by atoms with Crippen LogP contribution in [0.3, 0.4) is 0 Å². The first-order chi connectivity index (χ1) is 9.04. The van der Waals surface area contributed by atoms with Gasteiger partial charge >= 0.3 is 0 Å². The van der Waals surface area contributed by atoms with Crippen molar-refractivity contribution in [3.05, 3.63) is 40.6 Å². The molecule has 2 aromatic heterocycles. The van der Waals surface area contributed by atoms with Gasteiger partial charge in [0, 0.05) is 9.75 Å². The molecule has 0 spiro atoms. The summed E-state index contributed by atoms with van der Waals surface area (Å²) in [5, 5.41) is 7.27. The molecule has 0 amide bonds. The van der Waals surface area contributed by atoms with Crippen molar-refractivity contribution in [2.45, 2.75) is 26.3 Å². The normalized spacial score (nSPS) is 12.9. The molecule has 0 saturated heterocycles. The van der Waals surface area contributed by atoms with Crippen molar-refractivity contribution in [2.24, 2.45) is 0 Å². The third-order valence-corrected chi connectivity index (χ3v) is 7.05. The van der Waals surface area contributed by atoms with Gasteiger partial charge in [-0.05, 0) is 52.8 Å². The molecule has 6 heteroatoms. The second-order valence-electron chi connectivity index (χ2n) is 4.25. The molecular weight excluding hydrogens is 385 g/mol. The van der Waals surface area contributed by atoms with Crippen LogP contribution in [0.5, 0.6) is 0 Å². The molecule has 0 aliphatic carbocycles. The number of halogens is 3. The summed E-state index contributed by atoms with van der Waals surface area (Å²) in [5.74, 6) is 0. The fourth-order valence-electron chi connectivity index (χ4n) is 1.76. The molecule has 2 rings (SSSR count). The van der Waals surface area contributed by atoms with E-state index in [0.717, 1.165) is 37.2 Å². The quantitative estimate of drug-likeness (QED) is 0.625. The summed E-state index contributed by atoms with van der Waals surface area (Å²) >= 11 is 19.4. The Labute approximate surface area is 140 Å². The number of hydrogen-bond acceptors (Lipinski definition) is 3. The van der Waals surface area contributed by atoms with Crippen molar-refractivity contribution in [2.75, 3.05) is 6.54 Å². The molecule has 1 N–H and O–H groups in total. The van der Waals surface area contributed by atoms with Gasteiger partial charge in [-0.2, -0.15) is 0 Å². The molecule has 2 heterocycles. The molecule has 0 aliphatic heterocycles. The minimum absolute atomic E-state index is 0.125. The Kier molecular flexibility index (Phi) is 5.76. The number of nitrogens with one attached hydrogen (secondary N) is 1. The van der Waals surface area contributed by atoms with Gasteiger partial charge in [-0.15, -0.1) is 22.7 Å². The molecule has 0 aliphatic rings. The maximum atomic E-state index is 6.41. The first-order valence-electron chi connectivity index (χ1n) is 5.96. The lowest BCUT2D eigenvalue weighted by Crippen LogP contribution is -2.21. The van der Waals surface area contributed by atoms with E-state index < -0.39 is 0 Å². The average Bonchev–Trinajstić information content (AvgIpc) is 2.87. The molecule has 1 unspecified atom stereocenters. The molecule has 104 valence electrons. The molecule has 0 bridgehead atoms. The highest BCUT2D eigenvalue weighted by Crippen LogP contribution is 2.41. The summed E-state index contributed by atoms with van der Waals surface area (Å²) in [6.07, 6.45) is 1.08. The van der Waals surface area contributed by atoms with Crippen molar-refractivity contribution >= 4 is 61.8 Å². The zero-order valence-corrected chi connectivity index (χ0v) is 15.3. The van der Waals surface area contributed by atoms with Crippen LogP contribution in [0.4, 0.5) is 0 Å². The van der Waals surface area contributed by atoms with Gasteiger partial charge in [-0.1, -0.05) is 30.1 Å². The summed E-state index contributed by atoms with van der Waals surface area (Å²) in [6.45, 7) is 5.14. The summed E-state index contributed by atoms with van der Waals surface area (Å²) < 4.78 is 0.969. The van der Waals surface area contributed by atoms with Gasteiger partial charge in [0.2, 0.25) is 0 Å². The van der Waals surface area contributed by atoms with E-state index in [9.17, 15) is 0 Å². The highest BCUT2D eigenvalue weighted by Gasteiger charge is 2.22. The van der Waals surface area contributed by atoms with Crippen LogP contribution >= 0.6 is 61.8 Å². The summed E-state index contributed by atoms with van der Waals surface area (Å²) in [5.41, 5.74) is 1.13. The monoisotopic (exact) mass is 397 g/mol. The minimum atomic E-state index is 0.125.